The van der Waals surface area contributed by atoms with E-state index >= 15 is 0 Å². The lowest BCUT2D eigenvalue weighted by molar-refractivity contribution is -0.635. The number of nitrogens with zero attached hydrogens (tertiary/aromatic N) is 3. The Kier molecular flexibility index (Phi) is 3.08. The summed E-state index contributed by atoms with van der Waals surface area (Å²) in [5, 5.41) is 17.4. The molecular formula is C3H6N4O2. The number of nitro groups is 1. The minimum Gasteiger partial charge on any atom is -0.328 e. The molecule has 50 valence electrons. The van der Waals surface area contributed by atoms with Crippen LogP contribution >= 0.6 is 0 Å². The molecule has 9 heavy (non-hydrogen) atoms. The molecular weight excluding hydrogens is 124 g/mol. The maximum Gasteiger partial charge on any atom is 0.244 e. The van der Waals surface area contributed by atoms with Crippen LogP contribution in [0.4, 0.5) is 0 Å². The first-order chi connectivity index (χ1) is 4.22. The first-order valence-electron chi connectivity index (χ1n) is 2.24. The predicted octanol–water partition coefficient (Wildman–Crippen LogP) is -1.08. The first kappa shape index (κ1) is 7.65. The summed E-state index contributed by atoms with van der Waals surface area (Å²) in [5.74, 6) is 0. The monoisotopic (exact) mass is 130 g/mol. The fourth-order valence-corrected chi connectivity index (χ4v) is 0.290. The van der Waals surface area contributed by atoms with Crippen molar-refractivity contribution >= 4 is 0 Å². The number of hydrogen-bond acceptors (Lipinski definition) is 4. The summed E-state index contributed by atoms with van der Waals surface area (Å²) < 4.78 is 0. The van der Waals surface area contributed by atoms with E-state index in [1.54, 1.807) is 0 Å². The molecule has 0 aliphatic heterocycles. The molecule has 2 N–H and O–H groups in total. The molecule has 0 aromatic carbocycles. The fourth-order valence-electron chi connectivity index (χ4n) is 0.290. The Bertz CT molecular complexity index is 139. The van der Waals surface area contributed by atoms with Crippen LogP contribution < -0.4 is 5.73 Å². The molecule has 0 amide bonds. The van der Waals surface area contributed by atoms with Gasteiger partial charge in [-0.15, -0.1) is 0 Å². The highest BCUT2D eigenvalue weighted by Gasteiger charge is 2.09. The van der Waals surface area contributed by atoms with Gasteiger partial charge in [0.15, 0.2) is 5.03 Å². The normalized spacial score (nSPS) is 8.00. The third-order valence-electron chi connectivity index (χ3n) is 0.653. The Hall–Kier alpha value is -1.35. The van der Waals surface area contributed by atoms with Crippen molar-refractivity contribution in [2.45, 2.75) is 0 Å². The number of rotatable bonds is 3. The highest BCUT2D eigenvalue weighted by molar-refractivity contribution is 4.62. The van der Waals surface area contributed by atoms with E-state index in [0.717, 1.165) is 0 Å². The molecule has 6 nitrogen and oxygen atoms in total. The van der Waals surface area contributed by atoms with Gasteiger partial charge in [-0.2, -0.15) is 5.26 Å². The van der Waals surface area contributed by atoms with Crippen LogP contribution in [0.5, 0.6) is 0 Å². The third kappa shape index (κ3) is 2.46. The first-order valence-corrected chi connectivity index (χ1v) is 2.24. The highest BCUT2D eigenvalue weighted by atomic mass is 16.7. The zero-order chi connectivity index (χ0) is 7.28. The van der Waals surface area contributed by atoms with Crippen molar-refractivity contribution in [2.24, 2.45) is 5.73 Å². The molecule has 0 radical (unpaired) electrons. The minimum absolute atomic E-state index is 0.0382. The zero-order valence-electron chi connectivity index (χ0n) is 4.65. The summed E-state index contributed by atoms with van der Waals surface area (Å²) in [6, 6.07) is 0. The minimum atomic E-state index is -0.799. The molecule has 0 aromatic heterocycles. The largest absolute Gasteiger partial charge is 0.328 e. The van der Waals surface area contributed by atoms with E-state index in [9.17, 15) is 10.1 Å². The van der Waals surface area contributed by atoms with Crippen molar-refractivity contribution in [3.8, 4) is 6.19 Å². The molecule has 0 atom stereocenters. The molecule has 0 saturated heterocycles. The van der Waals surface area contributed by atoms with E-state index in [0.29, 0.717) is 5.01 Å². The molecule has 0 bridgehead atoms. The molecule has 0 aliphatic rings. The topological polar surface area (TPSA) is 96.2 Å². The zero-order valence-corrected chi connectivity index (χ0v) is 4.65. The van der Waals surface area contributed by atoms with Gasteiger partial charge in [-0.3, -0.25) is 0 Å². The van der Waals surface area contributed by atoms with Gasteiger partial charge in [0.2, 0.25) is 6.19 Å². The van der Waals surface area contributed by atoms with Crippen LogP contribution in [0.25, 0.3) is 0 Å². The van der Waals surface area contributed by atoms with Crippen molar-refractivity contribution < 1.29 is 5.03 Å². The van der Waals surface area contributed by atoms with E-state index in [4.69, 9.17) is 11.0 Å². The Morgan fingerprint density at radius 2 is 2.44 bits per heavy atom. The van der Waals surface area contributed by atoms with Gasteiger partial charge in [-0.1, -0.05) is 0 Å². The molecule has 6 heteroatoms. The molecule has 0 aromatic rings. The number of hydrogen-bond donors (Lipinski definition) is 1. The molecule has 0 heterocycles. The lowest BCUT2D eigenvalue weighted by Crippen LogP contribution is -2.30. The molecule has 0 aliphatic carbocycles. The van der Waals surface area contributed by atoms with Crippen molar-refractivity contribution in [3.05, 3.63) is 10.1 Å². The number of nitriles is 1. The van der Waals surface area contributed by atoms with Gasteiger partial charge in [-0.25, -0.2) is 10.1 Å². The molecule has 0 saturated carbocycles. The average molecular weight is 130 g/mol. The van der Waals surface area contributed by atoms with Crippen LogP contribution in [-0.2, 0) is 0 Å². The summed E-state index contributed by atoms with van der Waals surface area (Å²) in [5.41, 5.74) is 4.95. The Labute approximate surface area is 51.6 Å². The van der Waals surface area contributed by atoms with Gasteiger partial charge >= 0.3 is 0 Å². The van der Waals surface area contributed by atoms with Gasteiger partial charge < -0.3 is 5.73 Å². The van der Waals surface area contributed by atoms with Crippen LogP contribution in [0, 0.1) is 21.6 Å². The maximum atomic E-state index is 9.77. The summed E-state index contributed by atoms with van der Waals surface area (Å²) in [4.78, 5) is 9.77. The van der Waals surface area contributed by atoms with Crippen molar-refractivity contribution in [3.63, 3.8) is 0 Å². The van der Waals surface area contributed by atoms with Crippen molar-refractivity contribution in [2.75, 3.05) is 13.1 Å². The third-order valence-corrected chi connectivity index (χ3v) is 0.653. The standard InChI is InChI=1S/C3H6N4O2/c4-1-2-6(3-5)7(8)9/h1-2,4H2. The van der Waals surface area contributed by atoms with E-state index < -0.39 is 5.03 Å². The van der Waals surface area contributed by atoms with Gasteiger partial charge in [0.25, 0.3) is 0 Å². The second kappa shape index (κ2) is 3.63. The Balaban J connectivity index is 3.72. The average Bonchev–Trinajstić information content (AvgIpc) is 1.82. The number of hydrazine groups is 1. The van der Waals surface area contributed by atoms with Crippen LogP contribution in [-0.4, -0.2) is 23.1 Å². The lowest BCUT2D eigenvalue weighted by Gasteiger charge is -1.99. The maximum absolute atomic E-state index is 9.77. The predicted molar refractivity (Wildman–Crippen MR) is 28.4 cm³/mol. The van der Waals surface area contributed by atoms with Crippen LogP contribution in [0.3, 0.4) is 0 Å². The van der Waals surface area contributed by atoms with Crippen LogP contribution in [0.15, 0.2) is 0 Å². The summed E-state index contributed by atoms with van der Waals surface area (Å²) in [6.07, 6.45) is 1.36. The van der Waals surface area contributed by atoms with Gasteiger partial charge in [-0.05, 0) is 5.01 Å². The van der Waals surface area contributed by atoms with Gasteiger partial charge in [0.1, 0.15) is 6.54 Å². The quantitative estimate of drug-likeness (QED) is 0.227. The molecule has 0 fully saturated rings. The highest BCUT2D eigenvalue weighted by Crippen LogP contribution is 1.80. The van der Waals surface area contributed by atoms with Gasteiger partial charge in [0, 0.05) is 6.54 Å². The molecule has 0 spiro atoms. The van der Waals surface area contributed by atoms with Gasteiger partial charge in [0.05, 0.1) is 0 Å². The second-order valence-corrected chi connectivity index (χ2v) is 1.25. The van der Waals surface area contributed by atoms with E-state index in [1.807, 2.05) is 0 Å². The Morgan fingerprint density at radius 3 is 2.56 bits per heavy atom. The summed E-state index contributed by atoms with van der Waals surface area (Å²) >= 11 is 0. The van der Waals surface area contributed by atoms with Crippen molar-refractivity contribution in [1.82, 2.24) is 5.01 Å². The SMILES string of the molecule is N#CN(CCN)[N+](=O)[O-]. The molecule has 0 rings (SSSR count). The second-order valence-electron chi connectivity index (χ2n) is 1.25. The van der Waals surface area contributed by atoms with E-state index in [-0.39, 0.29) is 13.1 Å². The van der Waals surface area contributed by atoms with Crippen LogP contribution in [0.1, 0.15) is 0 Å². The number of nitrogens with two attached hydrogens (primary N) is 1. The smallest absolute Gasteiger partial charge is 0.244 e. The molecule has 0 unspecified atom stereocenters. The van der Waals surface area contributed by atoms with E-state index in [2.05, 4.69) is 0 Å². The van der Waals surface area contributed by atoms with E-state index in [1.165, 1.54) is 6.19 Å². The summed E-state index contributed by atoms with van der Waals surface area (Å²) in [6.45, 7) is 0.0675. The Morgan fingerprint density at radius 1 is 1.89 bits per heavy atom. The summed E-state index contributed by atoms with van der Waals surface area (Å²) in [7, 11) is 0. The lowest BCUT2D eigenvalue weighted by atomic mass is 10.6. The fraction of sp³-hybridized carbons (Fsp3) is 0.667. The van der Waals surface area contributed by atoms with Crippen LogP contribution in [0.2, 0.25) is 0 Å². The van der Waals surface area contributed by atoms with Crippen molar-refractivity contribution in [1.29, 1.82) is 5.26 Å².